The maximum atomic E-state index is 12.8. The van der Waals surface area contributed by atoms with E-state index in [0.717, 1.165) is 89.9 Å². The molecular weight excluding hydrogens is 769 g/mol. The fourth-order valence-electron chi connectivity index (χ4n) is 7.46. The Bertz CT molecular complexity index is 1090. The Hall–Kier alpha value is -2.63. The fourth-order valence-corrected chi connectivity index (χ4v) is 7.46. The number of carbonyl (C=O) groups excluding carboxylic acids is 3. The van der Waals surface area contributed by atoms with Crippen LogP contribution in [0.2, 0.25) is 0 Å². The predicted octanol–water partition coefficient (Wildman–Crippen LogP) is 17.5. The minimum atomic E-state index is -0.782. The summed E-state index contributed by atoms with van der Waals surface area (Å²) in [5, 5.41) is 0. The molecule has 0 saturated heterocycles. The lowest BCUT2D eigenvalue weighted by molar-refractivity contribution is -0.167. The Balaban J connectivity index is 4.39. The summed E-state index contributed by atoms with van der Waals surface area (Å²) >= 11 is 0. The summed E-state index contributed by atoms with van der Waals surface area (Å²) in [6.07, 6.45) is 60.9. The Morgan fingerprint density at radius 3 is 0.952 bits per heavy atom. The molecule has 0 aromatic carbocycles. The first kappa shape index (κ1) is 59.4. The molecule has 0 heterocycles. The van der Waals surface area contributed by atoms with Crippen molar-refractivity contribution in [2.24, 2.45) is 0 Å². The van der Waals surface area contributed by atoms with E-state index in [1.807, 2.05) is 0 Å². The van der Waals surface area contributed by atoms with Gasteiger partial charge in [0.05, 0.1) is 0 Å². The lowest BCUT2D eigenvalue weighted by Gasteiger charge is -2.18. The van der Waals surface area contributed by atoms with Crippen molar-refractivity contribution in [3.05, 3.63) is 48.6 Å². The quantitative estimate of drug-likeness (QED) is 0.0262. The highest BCUT2D eigenvalue weighted by molar-refractivity contribution is 5.71. The third-order valence-electron chi connectivity index (χ3n) is 11.5. The maximum absolute atomic E-state index is 12.8. The lowest BCUT2D eigenvalue weighted by Crippen LogP contribution is -2.30. The molecule has 0 saturated carbocycles. The second-order valence-corrected chi connectivity index (χ2v) is 17.8. The summed E-state index contributed by atoms with van der Waals surface area (Å²) < 4.78 is 16.8. The van der Waals surface area contributed by atoms with Crippen LogP contribution in [0.1, 0.15) is 271 Å². The van der Waals surface area contributed by atoms with E-state index < -0.39 is 6.10 Å². The number of hydrogen-bond donors (Lipinski definition) is 0. The number of unbranched alkanes of at least 4 members (excludes halogenated alkanes) is 29. The van der Waals surface area contributed by atoms with Crippen molar-refractivity contribution in [3.63, 3.8) is 0 Å². The van der Waals surface area contributed by atoms with Crippen LogP contribution in [0.4, 0.5) is 0 Å². The topological polar surface area (TPSA) is 78.9 Å². The van der Waals surface area contributed by atoms with Crippen LogP contribution in [0.3, 0.4) is 0 Å². The van der Waals surface area contributed by atoms with E-state index in [-0.39, 0.29) is 31.1 Å². The highest BCUT2D eigenvalue weighted by Gasteiger charge is 2.19. The highest BCUT2D eigenvalue weighted by atomic mass is 16.6. The zero-order chi connectivity index (χ0) is 45.1. The molecule has 0 amide bonds. The Labute approximate surface area is 384 Å². The molecular formula is C56H100O6. The van der Waals surface area contributed by atoms with Crippen LogP contribution in [-0.4, -0.2) is 37.2 Å². The summed E-state index contributed by atoms with van der Waals surface area (Å²) in [6.45, 7) is 6.58. The van der Waals surface area contributed by atoms with Crippen molar-refractivity contribution in [3.8, 4) is 0 Å². The highest BCUT2D eigenvalue weighted by Crippen LogP contribution is 2.14. The standard InChI is InChI=1S/C56H100O6/c1-4-7-10-13-16-19-22-25-27-28-29-32-34-37-40-43-46-49-55(58)61-52-53(51-60-54(57)48-45-42-39-36-33-30-24-21-18-15-12-9-6-3)62-56(59)50-47-44-41-38-35-31-26-23-20-17-14-11-8-5-2/h16,19,21,23-27,53H,4-15,17-18,20,22,28-52H2,1-3H3/b19-16-,24-21-,26-23-,27-25-. The third kappa shape index (κ3) is 48.4. The minimum absolute atomic E-state index is 0.0824. The van der Waals surface area contributed by atoms with Crippen molar-refractivity contribution < 1.29 is 28.6 Å². The van der Waals surface area contributed by atoms with Gasteiger partial charge >= 0.3 is 17.9 Å². The zero-order valence-electron chi connectivity index (χ0n) is 41.1. The average molecular weight is 869 g/mol. The Morgan fingerprint density at radius 2 is 0.581 bits per heavy atom. The van der Waals surface area contributed by atoms with Gasteiger partial charge in [0.15, 0.2) is 6.10 Å². The maximum Gasteiger partial charge on any atom is 0.306 e. The van der Waals surface area contributed by atoms with Crippen molar-refractivity contribution >= 4 is 17.9 Å². The van der Waals surface area contributed by atoms with E-state index in [0.29, 0.717) is 19.3 Å². The lowest BCUT2D eigenvalue weighted by atomic mass is 10.1. The molecule has 62 heavy (non-hydrogen) atoms. The van der Waals surface area contributed by atoms with Gasteiger partial charge < -0.3 is 14.2 Å². The van der Waals surface area contributed by atoms with Gasteiger partial charge in [-0.1, -0.05) is 198 Å². The van der Waals surface area contributed by atoms with Gasteiger partial charge in [0.2, 0.25) is 0 Å². The molecule has 0 rings (SSSR count). The van der Waals surface area contributed by atoms with Crippen LogP contribution in [0.25, 0.3) is 0 Å². The van der Waals surface area contributed by atoms with Crippen molar-refractivity contribution in [2.75, 3.05) is 13.2 Å². The molecule has 6 heteroatoms. The van der Waals surface area contributed by atoms with Gasteiger partial charge in [0.1, 0.15) is 13.2 Å². The molecule has 0 aliphatic rings. The van der Waals surface area contributed by atoms with Gasteiger partial charge in [-0.05, 0) is 103 Å². The third-order valence-corrected chi connectivity index (χ3v) is 11.5. The molecule has 0 aromatic heterocycles. The average Bonchev–Trinajstić information content (AvgIpc) is 3.27. The normalized spacial score (nSPS) is 12.4. The zero-order valence-corrected chi connectivity index (χ0v) is 41.1. The molecule has 0 aliphatic carbocycles. The summed E-state index contributed by atoms with van der Waals surface area (Å²) in [5.74, 6) is -0.900. The molecule has 0 aliphatic heterocycles. The Kier molecular flexibility index (Phi) is 48.8. The van der Waals surface area contributed by atoms with Crippen LogP contribution in [0, 0.1) is 0 Å². The number of hydrogen-bond acceptors (Lipinski definition) is 6. The Morgan fingerprint density at radius 1 is 0.323 bits per heavy atom. The molecule has 1 atom stereocenters. The SMILES string of the molecule is CCCCC/C=C\C/C=C\CCCCCCCCCC(=O)OCC(COC(=O)CCCCCCC/C=C\CCCCCC)OC(=O)CCCCCCC/C=C\CCCCCCC. The molecule has 0 radical (unpaired) electrons. The minimum Gasteiger partial charge on any atom is -0.462 e. The van der Waals surface area contributed by atoms with Crippen LogP contribution in [0.5, 0.6) is 0 Å². The number of carbonyl (C=O) groups is 3. The molecule has 0 spiro atoms. The number of allylic oxidation sites excluding steroid dienone is 8. The number of esters is 3. The van der Waals surface area contributed by atoms with E-state index >= 15 is 0 Å². The second kappa shape index (κ2) is 51.0. The second-order valence-electron chi connectivity index (χ2n) is 17.8. The largest absolute Gasteiger partial charge is 0.462 e. The first-order valence-electron chi connectivity index (χ1n) is 26.6. The number of rotatable bonds is 48. The fraction of sp³-hybridized carbons (Fsp3) is 0.804. The van der Waals surface area contributed by atoms with Crippen LogP contribution < -0.4 is 0 Å². The summed E-state index contributed by atoms with van der Waals surface area (Å²) in [6, 6.07) is 0. The summed E-state index contributed by atoms with van der Waals surface area (Å²) in [7, 11) is 0. The smallest absolute Gasteiger partial charge is 0.306 e. The first-order chi connectivity index (χ1) is 30.5. The molecule has 360 valence electrons. The molecule has 0 bridgehead atoms. The van der Waals surface area contributed by atoms with E-state index in [4.69, 9.17) is 14.2 Å². The van der Waals surface area contributed by atoms with E-state index in [1.54, 1.807) is 0 Å². The van der Waals surface area contributed by atoms with E-state index in [2.05, 4.69) is 69.4 Å². The molecule has 1 unspecified atom stereocenters. The predicted molar refractivity (Wildman–Crippen MR) is 265 cm³/mol. The molecule has 0 aromatic rings. The van der Waals surface area contributed by atoms with Crippen molar-refractivity contribution in [1.82, 2.24) is 0 Å². The monoisotopic (exact) mass is 869 g/mol. The van der Waals surface area contributed by atoms with Crippen LogP contribution in [0.15, 0.2) is 48.6 Å². The summed E-state index contributed by atoms with van der Waals surface area (Å²) in [4.78, 5) is 38.0. The number of ether oxygens (including phenoxy) is 3. The first-order valence-corrected chi connectivity index (χ1v) is 26.6. The van der Waals surface area contributed by atoms with Gasteiger partial charge in [-0.15, -0.1) is 0 Å². The molecule has 0 fully saturated rings. The molecule has 0 N–H and O–H groups in total. The van der Waals surface area contributed by atoms with Crippen molar-refractivity contribution in [1.29, 1.82) is 0 Å². The van der Waals surface area contributed by atoms with E-state index in [9.17, 15) is 14.4 Å². The van der Waals surface area contributed by atoms with Crippen molar-refractivity contribution in [2.45, 2.75) is 277 Å². The molecule has 6 nitrogen and oxygen atoms in total. The van der Waals surface area contributed by atoms with Gasteiger partial charge in [-0.2, -0.15) is 0 Å². The van der Waals surface area contributed by atoms with E-state index in [1.165, 1.54) is 141 Å². The van der Waals surface area contributed by atoms with Gasteiger partial charge in [-0.25, -0.2) is 0 Å². The van der Waals surface area contributed by atoms with Gasteiger partial charge in [0.25, 0.3) is 0 Å². The summed E-state index contributed by atoms with van der Waals surface area (Å²) in [5.41, 5.74) is 0. The van der Waals surface area contributed by atoms with Crippen LogP contribution in [-0.2, 0) is 28.6 Å². The van der Waals surface area contributed by atoms with Crippen LogP contribution >= 0.6 is 0 Å². The van der Waals surface area contributed by atoms with Gasteiger partial charge in [-0.3, -0.25) is 14.4 Å². The van der Waals surface area contributed by atoms with Gasteiger partial charge in [0, 0.05) is 19.3 Å².